The number of nitrogens with zero attached hydrogens (tertiary/aromatic N) is 1. The lowest BCUT2D eigenvalue weighted by Gasteiger charge is -2.04. The maximum Gasteiger partial charge on any atom is 0.338 e. The topological polar surface area (TPSA) is 64.4 Å². The van der Waals surface area contributed by atoms with Crippen molar-refractivity contribution in [1.82, 2.24) is 4.90 Å². The first-order valence-electron chi connectivity index (χ1n) is 2.70. The summed E-state index contributed by atoms with van der Waals surface area (Å²) >= 11 is 0. The zero-order chi connectivity index (χ0) is 8.15. The number of nitrogens with one attached hydrogen (secondary N) is 1. The molecule has 4 nitrogen and oxygen atoms in total. The Hall–Kier alpha value is -1.32. The fourth-order valence-corrected chi connectivity index (χ4v) is 0.432. The lowest BCUT2D eigenvalue weighted by molar-refractivity contribution is -0.132. The van der Waals surface area contributed by atoms with E-state index in [1.807, 2.05) is 0 Å². The minimum absolute atomic E-state index is 0.0231. The largest absolute Gasteiger partial charge is 0.478 e. The molecule has 0 aromatic rings. The monoisotopic (exact) mass is 142 g/mol. The van der Waals surface area contributed by atoms with Crippen LogP contribution in [0.5, 0.6) is 0 Å². The van der Waals surface area contributed by atoms with Crippen molar-refractivity contribution in [3.63, 3.8) is 0 Å². The van der Waals surface area contributed by atoms with Gasteiger partial charge in [-0.1, -0.05) is 0 Å². The van der Waals surface area contributed by atoms with Crippen LogP contribution in [0.4, 0.5) is 0 Å². The quantitative estimate of drug-likeness (QED) is 0.436. The van der Waals surface area contributed by atoms with Gasteiger partial charge in [-0.25, -0.2) is 4.79 Å². The molecule has 0 aliphatic rings. The number of hydrogen-bond donors (Lipinski definition) is 2. The van der Waals surface area contributed by atoms with E-state index >= 15 is 0 Å². The first kappa shape index (κ1) is 8.68. The minimum Gasteiger partial charge on any atom is -0.478 e. The van der Waals surface area contributed by atoms with Crippen molar-refractivity contribution in [1.29, 1.82) is 5.41 Å². The number of rotatable bonds is 3. The third-order valence-corrected chi connectivity index (χ3v) is 0.800. The van der Waals surface area contributed by atoms with Gasteiger partial charge >= 0.3 is 5.97 Å². The second-order valence-electron chi connectivity index (χ2n) is 2.00. The summed E-state index contributed by atoms with van der Waals surface area (Å²) in [4.78, 5) is 11.8. The normalized spacial score (nSPS) is 10.8. The second-order valence-corrected chi connectivity index (χ2v) is 2.00. The van der Waals surface area contributed by atoms with E-state index in [-0.39, 0.29) is 5.57 Å². The zero-order valence-corrected chi connectivity index (χ0v) is 5.96. The lowest BCUT2D eigenvalue weighted by atomic mass is 10.3. The summed E-state index contributed by atoms with van der Waals surface area (Å²) in [6.07, 6.45) is 2.18. The van der Waals surface area contributed by atoms with E-state index < -0.39 is 5.97 Å². The van der Waals surface area contributed by atoms with Crippen molar-refractivity contribution < 1.29 is 9.90 Å². The standard InChI is InChI=1S/C6H10N2O2/c1-8(2)4-5(3-7)6(9)10/h3-4,7H,1-2H3,(H,9,10)/b5-4+,7-3?. The van der Waals surface area contributed by atoms with Crippen molar-refractivity contribution in [2.45, 2.75) is 0 Å². The average molecular weight is 142 g/mol. The van der Waals surface area contributed by atoms with Crippen LogP contribution in [-0.4, -0.2) is 36.3 Å². The molecule has 56 valence electrons. The molecule has 0 heterocycles. The van der Waals surface area contributed by atoms with Crippen molar-refractivity contribution in [3.05, 3.63) is 11.8 Å². The van der Waals surface area contributed by atoms with E-state index in [0.29, 0.717) is 0 Å². The third kappa shape index (κ3) is 2.86. The zero-order valence-electron chi connectivity index (χ0n) is 5.96. The molecule has 0 fully saturated rings. The van der Waals surface area contributed by atoms with E-state index in [1.54, 1.807) is 19.0 Å². The molecule has 0 bridgehead atoms. The van der Waals surface area contributed by atoms with Gasteiger partial charge in [0.2, 0.25) is 0 Å². The van der Waals surface area contributed by atoms with Gasteiger partial charge in [0.05, 0.1) is 5.57 Å². The minimum atomic E-state index is -1.08. The summed E-state index contributed by atoms with van der Waals surface area (Å²) in [7, 11) is 3.40. The molecule has 0 aromatic carbocycles. The van der Waals surface area contributed by atoms with E-state index in [4.69, 9.17) is 10.5 Å². The molecular formula is C6H10N2O2. The van der Waals surface area contributed by atoms with Crippen LogP contribution in [0.1, 0.15) is 0 Å². The highest BCUT2D eigenvalue weighted by atomic mass is 16.4. The number of carbonyl (C=O) groups is 1. The van der Waals surface area contributed by atoms with Crippen LogP contribution in [0, 0.1) is 5.41 Å². The molecule has 0 amide bonds. The van der Waals surface area contributed by atoms with Gasteiger partial charge in [0, 0.05) is 26.5 Å². The Morgan fingerprint density at radius 3 is 2.20 bits per heavy atom. The summed E-state index contributed by atoms with van der Waals surface area (Å²) in [6.45, 7) is 0. The highest BCUT2D eigenvalue weighted by Gasteiger charge is 2.01. The smallest absolute Gasteiger partial charge is 0.338 e. The van der Waals surface area contributed by atoms with Gasteiger partial charge in [0.1, 0.15) is 0 Å². The first-order chi connectivity index (χ1) is 4.57. The molecular weight excluding hydrogens is 132 g/mol. The Kier molecular flexibility index (Phi) is 3.17. The number of hydrogen-bond acceptors (Lipinski definition) is 3. The van der Waals surface area contributed by atoms with Crippen LogP contribution >= 0.6 is 0 Å². The average Bonchev–Trinajstić information content (AvgIpc) is 1.81. The molecule has 0 radical (unpaired) electrons. The maximum absolute atomic E-state index is 10.2. The van der Waals surface area contributed by atoms with Gasteiger partial charge in [-0.05, 0) is 0 Å². The summed E-state index contributed by atoms with van der Waals surface area (Å²) in [6, 6.07) is 0. The van der Waals surface area contributed by atoms with E-state index in [0.717, 1.165) is 6.21 Å². The molecule has 0 aromatic heterocycles. The Morgan fingerprint density at radius 2 is 2.10 bits per heavy atom. The number of aliphatic carboxylic acids is 1. The number of carboxylic acids is 1. The van der Waals surface area contributed by atoms with Gasteiger partial charge in [-0.15, -0.1) is 0 Å². The molecule has 2 N–H and O–H groups in total. The molecule has 0 atom stereocenters. The van der Waals surface area contributed by atoms with Crippen molar-refractivity contribution >= 4 is 12.2 Å². The van der Waals surface area contributed by atoms with E-state index in [2.05, 4.69) is 0 Å². The van der Waals surface area contributed by atoms with Gasteiger partial charge in [0.25, 0.3) is 0 Å². The van der Waals surface area contributed by atoms with Gasteiger partial charge in [-0.2, -0.15) is 0 Å². The molecule has 0 saturated heterocycles. The highest BCUT2D eigenvalue weighted by Crippen LogP contribution is 1.90. The van der Waals surface area contributed by atoms with E-state index in [9.17, 15) is 4.79 Å². The van der Waals surface area contributed by atoms with Crippen LogP contribution in [0.3, 0.4) is 0 Å². The summed E-state index contributed by atoms with van der Waals surface area (Å²) in [5.41, 5.74) is -0.0231. The summed E-state index contributed by atoms with van der Waals surface area (Å²) in [5, 5.41) is 15.1. The molecule has 0 aliphatic carbocycles. The molecule has 0 rings (SSSR count). The Labute approximate surface area is 59.3 Å². The van der Waals surface area contributed by atoms with Crippen LogP contribution in [-0.2, 0) is 4.79 Å². The third-order valence-electron chi connectivity index (χ3n) is 0.800. The summed E-state index contributed by atoms with van der Waals surface area (Å²) in [5.74, 6) is -1.08. The second kappa shape index (κ2) is 3.66. The van der Waals surface area contributed by atoms with Crippen LogP contribution in [0.25, 0.3) is 0 Å². The Balaban J connectivity index is 4.33. The molecule has 10 heavy (non-hydrogen) atoms. The SMILES string of the molecule is CN(C)/C=C(\C=N)C(=O)O. The molecule has 0 aliphatic heterocycles. The fourth-order valence-electron chi connectivity index (χ4n) is 0.432. The van der Waals surface area contributed by atoms with Gasteiger partial charge in [-0.3, -0.25) is 0 Å². The fraction of sp³-hybridized carbons (Fsp3) is 0.333. The molecule has 0 spiro atoms. The van der Waals surface area contributed by atoms with E-state index in [1.165, 1.54) is 6.20 Å². The molecule has 4 heteroatoms. The van der Waals surface area contributed by atoms with Crippen molar-refractivity contribution in [2.24, 2.45) is 0 Å². The Morgan fingerprint density at radius 1 is 1.60 bits per heavy atom. The first-order valence-corrected chi connectivity index (χ1v) is 2.70. The maximum atomic E-state index is 10.2. The highest BCUT2D eigenvalue weighted by molar-refractivity contribution is 6.07. The number of carboxylic acid groups (broad SMARTS) is 1. The predicted octanol–water partition coefficient (Wildman–Crippen LogP) is 0.166. The van der Waals surface area contributed by atoms with Crippen molar-refractivity contribution in [3.8, 4) is 0 Å². The molecule has 0 unspecified atom stereocenters. The van der Waals surface area contributed by atoms with Crippen LogP contribution < -0.4 is 0 Å². The van der Waals surface area contributed by atoms with Crippen molar-refractivity contribution in [2.75, 3.05) is 14.1 Å². The van der Waals surface area contributed by atoms with Crippen LogP contribution in [0.2, 0.25) is 0 Å². The van der Waals surface area contributed by atoms with Crippen LogP contribution in [0.15, 0.2) is 11.8 Å². The van der Waals surface area contributed by atoms with Gasteiger partial charge in [0.15, 0.2) is 0 Å². The lowest BCUT2D eigenvalue weighted by Crippen LogP contribution is -2.09. The predicted molar refractivity (Wildman–Crippen MR) is 38.2 cm³/mol. The Bertz CT molecular complexity index is 173. The van der Waals surface area contributed by atoms with Gasteiger partial charge < -0.3 is 15.4 Å². The summed E-state index contributed by atoms with van der Waals surface area (Å²) < 4.78 is 0. The molecule has 0 saturated carbocycles.